The van der Waals surface area contributed by atoms with Crippen molar-refractivity contribution in [2.24, 2.45) is 0 Å². The average Bonchev–Trinajstić information content (AvgIpc) is 3.63. The molecule has 0 aliphatic rings. The van der Waals surface area contributed by atoms with Gasteiger partial charge in [-0.2, -0.15) is 0 Å². The lowest BCUT2D eigenvalue weighted by Gasteiger charge is -2.12. The van der Waals surface area contributed by atoms with Crippen molar-refractivity contribution in [2.45, 2.75) is 0 Å². The Morgan fingerprint density at radius 2 is 0.818 bits per heavy atom. The van der Waals surface area contributed by atoms with Gasteiger partial charge in [-0.3, -0.25) is 0 Å². The SMILES string of the molecule is c1ccc(-c2cccc(-c3ccc(-c4nc(-c5ccc6ccccc6c5)nc(-c5ccc6ccccc6c5)n4)c4c3oc3cc5ccccc5cc34)c2)cc1. The minimum atomic E-state index is 0.590. The fraction of sp³-hybridized carbons (Fsp3) is 0. The number of furan rings is 1. The van der Waals surface area contributed by atoms with Crippen molar-refractivity contribution in [1.29, 1.82) is 0 Å². The Hall–Kier alpha value is -7.43. The van der Waals surface area contributed by atoms with Crippen LogP contribution >= 0.6 is 0 Å². The van der Waals surface area contributed by atoms with E-state index in [2.05, 4.69) is 182 Å². The van der Waals surface area contributed by atoms with Crippen LogP contribution in [0.2, 0.25) is 0 Å². The molecule has 9 aromatic carbocycles. The minimum Gasteiger partial charge on any atom is -0.455 e. The first-order valence-electron chi connectivity index (χ1n) is 18.5. The molecule has 4 nitrogen and oxygen atoms in total. The van der Waals surface area contributed by atoms with Crippen LogP contribution in [-0.2, 0) is 0 Å². The van der Waals surface area contributed by atoms with Crippen molar-refractivity contribution < 1.29 is 4.42 Å². The normalized spacial score (nSPS) is 11.6. The van der Waals surface area contributed by atoms with Crippen molar-refractivity contribution in [3.63, 3.8) is 0 Å². The van der Waals surface area contributed by atoms with Gasteiger partial charge in [0.2, 0.25) is 0 Å². The summed E-state index contributed by atoms with van der Waals surface area (Å²) in [5, 5.41) is 8.86. The van der Waals surface area contributed by atoms with E-state index >= 15 is 0 Å². The Kier molecular flexibility index (Phi) is 7.14. The van der Waals surface area contributed by atoms with Crippen molar-refractivity contribution >= 4 is 54.3 Å². The van der Waals surface area contributed by atoms with Gasteiger partial charge >= 0.3 is 0 Å². The van der Waals surface area contributed by atoms with Gasteiger partial charge in [0.15, 0.2) is 17.5 Å². The molecule has 0 unspecified atom stereocenters. The molecule has 0 bridgehead atoms. The topological polar surface area (TPSA) is 51.8 Å². The largest absolute Gasteiger partial charge is 0.455 e. The second-order valence-electron chi connectivity index (χ2n) is 14.0. The maximum absolute atomic E-state index is 6.91. The quantitative estimate of drug-likeness (QED) is 0.179. The molecule has 0 atom stereocenters. The van der Waals surface area contributed by atoms with E-state index in [0.717, 1.165) is 76.9 Å². The summed E-state index contributed by atoms with van der Waals surface area (Å²) in [7, 11) is 0. The number of fused-ring (bicyclic) bond motifs is 6. The summed E-state index contributed by atoms with van der Waals surface area (Å²) in [5.41, 5.74) is 8.76. The summed E-state index contributed by atoms with van der Waals surface area (Å²) in [6, 6.07) is 65.8. The third-order valence-electron chi connectivity index (χ3n) is 10.7. The molecule has 0 aliphatic carbocycles. The number of aromatic nitrogens is 3. The first-order valence-corrected chi connectivity index (χ1v) is 18.5. The van der Waals surface area contributed by atoms with E-state index in [4.69, 9.17) is 19.4 Å². The summed E-state index contributed by atoms with van der Waals surface area (Å²) >= 11 is 0. The zero-order chi connectivity index (χ0) is 36.3. The molecule has 0 fully saturated rings. The number of benzene rings is 9. The van der Waals surface area contributed by atoms with E-state index in [1.54, 1.807) is 0 Å². The highest BCUT2D eigenvalue weighted by Crippen LogP contribution is 2.43. The van der Waals surface area contributed by atoms with Crippen LogP contribution in [0, 0.1) is 0 Å². The molecule has 256 valence electrons. The van der Waals surface area contributed by atoms with Crippen LogP contribution in [0.3, 0.4) is 0 Å². The Morgan fingerprint density at radius 1 is 0.309 bits per heavy atom. The van der Waals surface area contributed by atoms with Crippen LogP contribution in [-0.4, -0.2) is 15.0 Å². The van der Waals surface area contributed by atoms with Crippen LogP contribution in [0.25, 0.3) is 111 Å². The maximum atomic E-state index is 6.91. The van der Waals surface area contributed by atoms with E-state index in [-0.39, 0.29) is 0 Å². The van der Waals surface area contributed by atoms with Crippen molar-refractivity contribution in [1.82, 2.24) is 15.0 Å². The number of nitrogens with zero attached hydrogens (tertiary/aromatic N) is 3. The summed E-state index contributed by atoms with van der Waals surface area (Å²) in [4.78, 5) is 15.7. The first-order chi connectivity index (χ1) is 27.2. The molecule has 4 heteroatoms. The van der Waals surface area contributed by atoms with Crippen molar-refractivity contribution in [3.05, 3.63) is 188 Å². The smallest absolute Gasteiger partial charge is 0.164 e. The Labute approximate surface area is 317 Å². The molecule has 0 amide bonds. The molecular formula is C51H31N3O. The van der Waals surface area contributed by atoms with Gasteiger partial charge in [-0.25, -0.2) is 15.0 Å². The second kappa shape index (κ2) is 12.6. The summed E-state index contributed by atoms with van der Waals surface area (Å²) in [6.07, 6.45) is 0. The van der Waals surface area contributed by atoms with Gasteiger partial charge in [0.25, 0.3) is 0 Å². The highest BCUT2D eigenvalue weighted by Gasteiger charge is 2.22. The molecule has 0 saturated heterocycles. The van der Waals surface area contributed by atoms with Gasteiger partial charge in [-0.15, -0.1) is 0 Å². The first kappa shape index (κ1) is 31.1. The van der Waals surface area contributed by atoms with Crippen LogP contribution < -0.4 is 0 Å². The maximum Gasteiger partial charge on any atom is 0.164 e. The molecule has 0 N–H and O–H groups in total. The monoisotopic (exact) mass is 701 g/mol. The molecule has 11 rings (SSSR count). The highest BCUT2D eigenvalue weighted by molar-refractivity contribution is 6.18. The number of hydrogen-bond donors (Lipinski definition) is 0. The molecule has 2 aromatic heterocycles. The molecule has 0 aliphatic heterocycles. The van der Waals surface area contributed by atoms with Crippen LogP contribution in [0.15, 0.2) is 192 Å². The zero-order valence-corrected chi connectivity index (χ0v) is 29.6. The standard InChI is InChI=1S/C51H31N3O/c1-2-11-32(12-3-1)37-19-10-20-40(27-37)43-25-26-44(47-45-30-38-17-8-9-18-39(38)31-46(45)55-48(43)47)51-53-49(41-23-21-33-13-4-6-15-35(33)28-41)52-50(54-51)42-24-22-34-14-5-7-16-36(34)29-42/h1-31H. The summed E-state index contributed by atoms with van der Waals surface area (Å²) < 4.78 is 6.91. The number of hydrogen-bond acceptors (Lipinski definition) is 4. The van der Waals surface area contributed by atoms with Crippen molar-refractivity contribution in [2.75, 3.05) is 0 Å². The zero-order valence-electron chi connectivity index (χ0n) is 29.6. The van der Waals surface area contributed by atoms with Crippen LogP contribution in [0.1, 0.15) is 0 Å². The van der Waals surface area contributed by atoms with Gasteiger partial charge in [-0.05, 0) is 91.5 Å². The molecule has 11 aromatic rings. The molecule has 0 radical (unpaired) electrons. The Morgan fingerprint density at radius 3 is 1.47 bits per heavy atom. The Bertz CT molecular complexity index is 3180. The molecule has 2 heterocycles. The van der Waals surface area contributed by atoms with Gasteiger partial charge in [0, 0.05) is 33.0 Å². The van der Waals surface area contributed by atoms with Gasteiger partial charge in [-0.1, -0.05) is 146 Å². The third-order valence-corrected chi connectivity index (χ3v) is 10.7. The van der Waals surface area contributed by atoms with Gasteiger partial charge in [0.1, 0.15) is 11.2 Å². The van der Waals surface area contributed by atoms with E-state index in [1.807, 2.05) is 6.07 Å². The van der Waals surface area contributed by atoms with Crippen LogP contribution in [0.5, 0.6) is 0 Å². The minimum absolute atomic E-state index is 0.590. The fourth-order valence-electron chi connectivity index (χ4n) is 7.89. The third kappa shape index (κ3) is 5.43. The average molecular weight is 702 g/mol. The van der Waals surface area contributed by atoms with E-state index in [1.165, 1.54) is 16.3 Å². The van der Waals surface area contributed by atoms with Gasteiger partial charge < -0.3 is 4.42 Å². The van der Waals surface area contributed by atoms with E-state index in [9.17, 15) is 0 Å². The molecule has 0 saturated carbocycles. The fourth-order valence-corrected chi connectivity index (χ4v) is 7.89. The molecule has 55 heavy (non-hydrogen) atoms. The summed E-state index contributed by atoms with van der Waals surface area (Å²) in [6.45, 7) is 0. The van der Waals surface area contributed by atoms with E-state index < -0.39 is 0 Å². The van der Waals surface area contributed by atoms with Gasteiger partial charge in [0.05, 0.1) is 0 Å². The lowest BCUT2D eigenvalue weighted by Crippen LogP contribution is -2.00. The number of rotatable bonds is 5. The second-order valence-corrected chi connectivity index (χ2v) is 14.0. The predicted molar refractivity (Wildman–Crippen MR) is 227 cm³/mol. The van der Waals surface area contributed by atoms with Crippen molar-refractivity contribution in [3.8, 4) is 56.4 Å². The lowest BCUT2D eigenvalue weighted by atomic mass is 9.95. The molecular weight excluding hydrogens is 671 g/mol. The lowest BCUT2D eigenvalue weighted by molar-refractivity contribution is 0.670. The van der Waals surface area contributed by atoms with E-state index in [0.29, 0.717) is 17.5 Å². The predicted octanol–water partition coefficient (Wildman–Crippen LogP) is 13.6. The summed E-state index contributed by atoms with van der Waals surface area (Å²) in [5.74, 6) is 1.82. The highest BCUT2D eigenvalue weighted by atomic mass is 16.3. The Balaban J connectivity index is 1.18. The van der Waals surface area contributed by atoms with Crippen LogP contribution in [0.4, 0.5) is 0 Å². The molecule has 0 spiro atoms.